The number of nitrogens with zero attached hydrogens (tertiary/aromatic N) is 2. The molecule has 0 radical (unpaired) electrons. The maximum Gasteiger partial charge on any atom is 0.224 e. The van der Waals surface area contributed by atoms with Crippen LogP contribution in [0.2, 0.25) is 0 Å². The Balaban J connectivity index is 2.23. The second-order valence-electron chi connectivity index (χ2n) is 4.77. The Hall–Kier alpha value is -2.36. The zero-order valence-corrected chi connectivity index (χ0v) is 12.0. The summed E-state index contributed by atoms with van der Waals surface area (Å²) in [5, 5.41) is 0. The van der Waals surface area contributed by atoms with Crippen molar-refractivity contribution in [3.05, 3.63) is 53.2 Å². The van der Waals surface area contributed by atoms with Crippen LogP contribution in [0.1, 0.15) is 21.6 Å². The number of hydrogen-bond acceptors (Lipinski definition) is 4. The molecule has 2 aromatic rings. The molecule has 1 aromatic heterocycles. The van der Waals surface area contributed by atoms with Crippen LogP contribution in [0.25, 0.3) is 0 Å². The zero-order chi connectivity index (χ0) is 14.5. The number of hydrogen-bond donors (Lipinski definition) is 0. The quantitative estimate of drug-likeness (QED) is 0.783. The summed E-state index contributed by atoms with van der Waals surface area (Å²) in [5.41, 5.74) is 3.26. The van der Waals surface area contributed by atoms with Gasteiger partial charge in [0.05, 0.1) is 16.9 Å². The van der Waals surface area contributed by atoms with E-state index in [4.69, 9.17) is 4.74 Å². The van der Waals surface area contributed by atoms with E-state index in [-0.39, 0.29) is 0 Å². The van der Waals surface area contributed by atoms with E-state index in [1.165, 1.54) is 0 Å². The van der Waals surface area contributed by atoms with Crippen molar-refractivity contribution in [1.29, 1.82) is 0 Å². The van der Waals surface area contributed by atoms with Gasteiger partial charge < -0.3 is 9.64 Å². The molecular formula is C16H18N2O2. The first kappa shape index (κ1) is 14.1. The molecule has 0 saturated heterocycles. The molecule has 0 unspecified atom stereocenters. The van der Waals surface area contributed by atoms with Gasteiger partial charge in [-0.25, -0.2) is 4.98 Å². The van der Waals surface area contributed by atoms with Crippen LogP contribution in [-0.2, 0) is 6.61 Å². The summed E-state index contributed by atoms with van der Waals surface area (Å²) >= 11 is 0. The molecule has 0 N–H and O–H groups in total. The van der Waals surface area contributed by atoms with E-state index in [1.54, 1.807) is 6.07 Å². The third kappa shape index (κ3) is 3.15. The summed E-state index contributed by atoms with van der Waals surface area (Å²) in [6, 6.07) is 11.6. The highest BCUT2D eigenvalue weighted by Gasteiger charge is 2.11. The standard InChI is InChI=1S/C16H18N2O2/c1-12-15(18(2)3)9-14(10-19)16(17-12)20-11-13-7-5-4-6-8-13/h4-10H,11H2,1-3H3. The van der Waals surface area contributed by atoms with Gasteiger partial charge in [0.15, 0.2) is 6.29 Å². The summed E-state index contributed by atoms with van der Waals surface area (Å²) in [6.07, 6.45) is 0.778. The van der Waals surface area contributed by atoms with Crippen LogP contribution < -0.4 is 9.64 Å². The topological polar surface area (TPSA) is 42.4 Å². The third-order valence-electron chi connectivity index (χ3n) is 3.01. The van der Waals surface area contributed by atoms with Crippen molar-refractivity contribution >= 4 is 12.0 Å². The number of ether oxygens (including phenoxy) is 1. The van der Waals surface area contributed by atoms with E-state index in [2.05, 4.69) is 4.98 Å². The summed E-state index contributed by atoms with van der Waals surface area (Å²) in [4.78, 5) is 17.5. The Morgan fingerprint density at radius 3 is 2.55 bits per heavy atom. The van der Waals surface area contributed by atoms with E-state index < -0.39 is 0 Å². The van der Waals surface area contributed by atoms with Gasteiger partial charge in [0.2, 0.25) is 5.88 Å². The average molecular weight is 270 g/mol. The van der Waals surface area contributed by atoms with Crippen LogP contribution in [0.3, 0.4) is 0 Å². The normalized spacial score (nSPS) is 10.2. The fourth-order valence-electron chi connectivity index (χ4n) is 1.97. The molecule has 1 aromatic carbocycles. The van der Waals surface area contributed by atoms with Crippen molar-refractivity contribution in [3.8, 4) is 5.88 Å². The van der Waals surface area contributed by atoms with Crippen molar-refractivity contribution in [2.45, 2.75) is 13.5 Å². The van der Waals surface area contributed by atoms with E-state index >= 15 is 0 Å². The van der Waals surface area contributed by atoms with E-state index in [0.717, 1.165) is 23.2 Å². The predicted octanol–water partition coefficient (Wildman–Crippen LogP) is 2.85. The first-order valence-corrected chi connectivity index (χ1v) is 6.42. The molecule has 2 rings (SSSR count). The van der Waals surface area contributed by atoms with Crippen LogP contribution in [0.5, 0.6) is 5.88 Å². The first-order valence-electron chi connectivity index (χ1n) is 6.42. The minimum absolute atomic E-state index is 0.381. The van der Waals surface area contributed by atoms with Gasteiger partial charge in [0.25, 0.3) is 0 Å². The third-order valence-corrected chi connectivity index (χ3v) is 3.01. The number of aldehydes is 1. The second-order valence-corrected chi connectivity index (χ2v) is 4.77. The molecule has 1 heterocycles. The van der Waals surface area contributed by atoms with Crippen LogP contribution in [-0.4, -0.2) is 25.4 Å². The van der Waals surface area contributed by atoms with E-state index in [9.17, 15) is 4.79 Å². The van der Waals surface area contributed by atoms with E-state index in [0.29, 0.717) is 18.1 Å². The molecule has 0 aliphatic carbocycles. The molecule has 0 atom stereocenters. The second kappa shape index (κ2) is 6.19. The highest BCUT2D eigenvalue weighted by Crippen LogP contribution is 2.24. The summed E-state index contributed by atoms with van der Waals surface area (Å²) in [5.74, 6) is 0.381. The highest BCUT2D eigenvalue weighted by atomic mass is 16.5. The fourth-order valence-corrected chi connectivity index (χ4v) is 1.97. The van der Waals surface area contributed by atoms with Gasteiger partial charge in [0, 0.05) is 14.1 Å². The highest BCUT2D eigenvalue weighted by molar-refractivity contribution is 5.80. The molecule has 0 spiro atoms. The number of anilines is 1. The molecule has 0 amide bonds. The maximum atomic E-state index is 11.2. The number of rotatable bonds is 5. The van der Waals surface area contributed by atoms with Crippen molar-refractivity contribution in [2.24, 2.45) is 0 Å². The molecule has 4 heteroatoms. The van der Waals surface area contributed by atoms with E-state index in [1.807, 2.05) is 56.3 Å². The molecule has 0 fully saturated rings. The molecule has 0 bridgehead atoms. The SMILES string of the molecule is Cc1nc(OCc2ccccc2)c(C=O)cc1N(C)C. The van der Waals surface area contributed by atoms with Gasteiger partial charge in [-0.15, -0.1) is 0 Å². The van der Waals surface area contributed by atoms with Crippen molar-refractivity contribution in [1.82, 2.24) is 4.98 Å². The van der Waals surface area contributed by atoms with Crippen molar-refractivity contribution in [3.63, 3.8) is 0 Å². The molecular weight excluding hydrogens is 252 g/mol. The Kier molecular flexibility index (Phi) is 4.35. The lowest BCUT2D eigenvalue weighted by Crippen LogP contribution is -2.12. The smallest absolute Gasteiger partial charge is 0.224 e. The molecule has 0 saturated carbocycles. The first-order chi connectivity index (χ1) is 9.61. The van der Waals surface area contributed by atoms with Gasteiger partial charge in [0.1, 0.15) is 6.61 Å². The lowest BCUT2D eigenvalue weighted by atomic mass is 10.2. The number of carbonyl (C=O) groups excluding carboxylic acids is 1. The van der Waals surface area contributed by atoms with Crippen LogP contribution >= 0.6 is 0 Å². The van der Waals surface area contributed by atoms with Crippen LogP contribution in [0.15, 0.2) is 36.4 Å². The Labute approximate surface area is 119 Å². The lowest BCUT2D eigenvalue weighted by Gasteiger charge is -2.17. The number of aromatic nitrogens is 1. The van der Waals surface area contributed by atoms with Crippen molar-refractivity contribution < 1.29 is 9.53 Å². The summed E-state index contributed by atoms with van der Waals surface area (Å²) in [6.45, 7) is 2.30. The van der Waals surface area contributed by atoms with Crippen LogP contribution in [0.4, 0.5) is 5.69 Å². The molecule has 0 aliphatic heterocycles. The Morgan fingerprint density at radius 1 is 1.25 bits per heavy atom. The number of aryl methyl sites for hydroxylation is 1. The Morgan fingerprint density at radius 2 is 1.95 bits per heavy atom. The number of carbonyl (C=O) groups is 1. The van der Waals surface area contributed by atoms with Gasteiger partial charge in [-0.3, -0.25) is 4.79 Å². The lowest BCUT2D eigenvalue weighted by molar-refractivity contribution is 0.111. The largest absolute Gasteiger partial charge is 0.472 e. The summed E-state index contributed by atoms with van der Waals surface area (Å²) in [7, 11) is 3.84. The average Bonchev–Trinajstić information content (AvgIpc) is 2.46. The Bertz CT molecular complexity index is 595. The van der Waals surface area contributed by atoms with Gasteiger partial charge in [-0.05, 0) is 18.6 Å². The maximum absolute atomic E-state index is 11.2. The van der Waals surface area contributed by atoms with Gasteiger partial charge >= 0.3 is 0 Å². The predicted molar refractivity (Wildman–Crippen MR) is 79.5 cm³/mol. The van der Waals surface area contributed by atoms with Crippen molar-refractivity contribution in [2.75, 3.05) is 19.0 Å². The molecule has 104 valence electrons. The number of pyridine rings is 1. The van der Waals surface area contributed by atoms with Crippen LogP contribution in [0, 0.1) is 6.92 Å². The van der Waals surface area contributed by atoms with Gasteiger partial charge in [-0.1, -0.05) is 30.3 Å². The minimum Gasteiger partial charge on any atom is -0.472 e. The molecule has 20 heavy (non-hydrogen) atoms. The summed E-state index contributed by atoms with van der Waals surface area (Å²) < 4.78 is 5.67. The molecule has 0 aliphatic rings. The monoisotopic (exact) mass is 270 g/mol. The minimum atomic E-state index is 0.381. The number of benzene rings is 1. The zero-order valence-electron chi connectivity index (χ0n) is 12.0. The molecule has 4 nitrogen and oxygen atoms in total. The fraction of sp³-hybridized carbons (Fsp3) is 0.250. The van der Waals surface area contributed by atoms with Gasteiger partial charge in [-0.2, -0.15) is 0 Å².